The summed E-state index contributed by atoms with van der Waals surface area (Å²) in [6.07, 6.45) is 1.21. The van der Waals surface area contributed by atoms with Crippen LogP contribution in [0.1, 0.15) is 12.8 Å². The van der Waals surface area contributed by atoms with Gasteiger partial charge in [-0.2, -0.15) is 8.70 Å². The Morgan fingerprint density at radius 3 is 2.76 bits per heavy atom. The summed E-state index contributed by atoms with van der Waals surface area (Å²) >= 11 is 0. The normalized spacial score (nSPS) is 20.4. The Morgan fingerprint density at radius 1 is 1.48 bits per heavy atom. The largest absolute Gasteiger partial charge is 0.380 e. The molecule has 9 heteroatoms. The summed E-state index contributed by atoms with van der Waals surface area (Å²) < 4.78 is 44.8. The summed E-state index contributed by atoms with van der Waals surface area (Å²) in [5.41, 5.74) is -0.748. The molecule has 116 valence electrons. The van der Waals surface area contributed by atoms with E-state index in [1.807, 2.05) is 0 Å². The van der Waals surface area contributed by atoms with Gasteiger partial charge in [-0.3, -0.25) is 10.1 Å². The molecule has 0 radical (unpaired) electrons. The average Bonchev–Trinajstić information content (AvgIpc) is 2.46. The minimum atomic E-state index is -3.88. The molecule has 1 unspecified atom stereocenters. The van der Waals surface area contributed by atoms with Crippen molar-refractivity contribution in [1.29, 1.82) is 0 Å². The second-order valence-electron chi connectivity index (χ2n) is 4.73. The highest BCUT2D eigenvalue weighted by Crippen LogP contribution is 2.25. The Morgan fingerprint density at radius 2 is 2.19 bits per heavy atom. The molecular weight excluding hydrogens is 303 g/mol. The maximum Gasteiger partial charge on any atom is 0.304 e. The summed E-state index contributed by atoms with van der Waals surface area (Å²) in [5.74, 6) is -1.17. The number of benzene rings is 1. The molecule has 1 aliphatic rings. The van der Waals surface area contributed by atoms with Crippen molar-refractivity contribution < 1.29 is 22.5 Å². The Labute approximate surface area is 121 Å². The molecule has 0 aliphatic carbocycles. The van der Waals surface area contributed by atoms with Gasteiger partial charge in [0, 0.05) is 32.3 Å². The van der Waals surface area contributed by atoms with Crippen molar-refractivity contribution in [3.63, 3.8) is 0 Å². The molecule has 0 N–H and O–H groups in total. The van der Waals surface area contributed by atoms with Crippen LogP contribution in [0.25, 0.3) is 0 Å². The zero-order valence-corrected chi connectivity index (χ0v) is 12.2. The van der Waals surface area contributed by atoms with Gasteiger partial charge in [-0.25, -0.2) is 8.42 Å². The Kier molecular flexibility index (Phi) is 4.55. The first-order chi connectivity index (χ1) is 9.86. The number of rotatable bonds is 4. The number of piperidine rings is 1. The van der Waals surface area contributed by atoms with Crippen molar-refractivity contribution in [2.45, 2.75) is 23.8 Å². The molecule has 1 aromatic rings. The highest BCUT2D eigenvalue weighted by Gasteiger charge is 2.31. The minimum absolute atomic E-state index is 0.192. The van der Waals surface area contributed by atoms with E-state index in [0.29, 0.717) is 19.0 Å². The number of nitro groups is 1. The van der Waals surface area contributed by atoms with Crippen molar-refractivity contribution in [3.8, 4) is 0 Å². The lowest BCUT2D eigenvalue weighted by molar-refractivity contribution is -0.387. The van der Waals surface area contributed by atoms with Gasteiger partial charge in [0.05, 0.1) is 15.9 Å². The van der Waals surface area contributed by atoms with E-state index >= 15 is 0 Å². The summed E-state index contributed by atoms with van der Waals surface area (Å²) in [7, 11) is -2.37. The molecule has 1 saturated heterocycles. The van der Waals surface area contributed by atoms with Crippen LogP contribution in [0.3, 0.4) is 0 Å². The van der Waals surface area contributed by atoms with Crippen LogP contribution in [-0.4, -0.2) is 43.9 Å². The molecular formula is C12H15FN2O5S. The molecule has 1 fully saturated rings. The Bertz CT molecular complexity index is 649. The highest BCUT2D eigenvalue weighted by atomic mass is 32.2. The second kappa shape index (κ2) is 6.04. The number of nitro benzene ring substituents is 1. The maximum atomic E-state index is 13.6. The van der Waals surface area contributed by atoms with Crippen LogP contribution in [0.5, 0.6) is 0 Å². The van der Waals surface area contributed by atoms with E-state index in [4.69, 9.17) is 4.74 Å². The average molecular weight is 318 g/mol. The first kappa shape index (κ1) is 15.8. The number of ether oxygens (including phenoxy) is 1. The van der Waals surface area contributed by atoms with Crippen molar-refractivity contribution >= 4 is 15.7 Å². The van der Waals surface area contributed by atoms with Crippen LogP contribution in [0, 0.1) is 15.9 Å². The van der Waals surface area contributed by atoms with Gasteiger partial charge in [-0.1, -0.05) is 0 Å². The van der Waals surface area contributed by atoms with Gasteiger partial charge >= 0.3 is 5.69 Å². The fourth-order valence-corrected chi connectivity index (χ4v) is 3.78. The second-order valence-corrected chi connectivity index (χ2v) is 6.67. The molecule has 1 aromatic carbocycles. The number of halogens is 1. The van der Waals surface area contributed by atoms with Gasteiger partial charge in [-0.05, 0) is 18.9 Å². The fourth-order valence-electron chi connectivity index (χ4n) is 2.26. The fraction of sp³-hybridized carbons (Fsp3) is 0.500. The van der Waals surface area contributed by atoms with Gasteiger partial charge in [-0.15, -0.1) is 0 Å². The monoisotopic (exact) mass is 318 g/mol. The highest BCUT2D eigenvalue weighted by molar-refractivity contribution is 7.89. The van der Waals surface area contributed by atoms with Gasteiger partial charge in [0.1, 0.15) is 0 Å². The molecule has 7 nitrogen and oxygen atoms in total. The van der Waals surface area contributed by atoms with Gasteiger partial charge in [0.25, 0.3) is 0 Å². The predicted molar refractivity (Wildman–Crippen MR) is 71.8 cm³/mol. The minimum Gasteiger partial charge on any atom is -0.380 e. The van der Waals surface area contributed by atoms with Crippen molar-refractivity contribution in [1.82, 2.24) is 4.31 Å². The first-order valence-corrected chi connectivity index (χ1v) is 7.77. The van der Waals surface area contributed by atoms with E-state index < -0.39 is 26.5 Å². The molecule has 21 heavy (non-hydrogen) atoms. The van der Waals surface area contributed by atoms with Gasteiger partial charge < -0.3 is 4.74 Å². The van der Waals surface area contributed by atoms with Crippen LogP contribution in [-0.2, 0) is 14.8 Å². The molecule has 1 aliphatic heterocycles. The van der Waals surface area contributed by atoms with E-state index in [2.05, 4.69) is 0 Å². The number of hydrogen-bond donors (Lipinski definition) is 0. The van der Waals surface area contributed by atoms with E-state index in [1.54, 1.807) is 0 Å². The molecule has 2 rings (SSSR count). The summed E-state index contributed by atoms with van der Waals surface area (Å²) in [6.45, 7) is 0.512. The third-order valence-corrected chi connectivity index (χ3v) is 5.29. The molecule has 0 bridgehead atoms. The summed E-state index contributed by atoms with van der Waals surface area (Å²) in [4.78, 5) is 9.37. The molecule has 0 aromatic heterocycles. The van der Waals surface area contributed by atoms with Crippen molar-refractivity contribution in [3.05, 3.63) is 34.1 Å². The summed E-state index contributed by atoms with van der Waals surface area (Å²) in [6, 6.07) is 2.59. The van der Waals surface area contributed by atoms with Crippen molar-refractivity contribution in [2.75, 3.05) is 20.2 Å². The molecule has 0 spiro atoms. The number of hydrogen-bond acceptors (Lipinski definition) is 5. The van der Waals surface area contributed by atoms with Gasteiger partial charge in [0.15, 0.2) is 0 Å². The SMILES string of the molecule is COC1CCCN(S(=O)(=O)c2ccc([N+](=O)[O-])c(F)c2)C1. The van der Waals surface area contributed by atoms with E-state index in [-0.39, 0.29) is 17.5 Å². The molecule has 1 heterocycles. The first-order valence-electron chi connectivity index (χ1n) is 6.33. The van der Waals surface area contributed by atoms with Crippen LogP contribution in [0.4, 0.5) is 10.1 Å². The standard InChI is InChI=1S/C12H15FN2O5S/c1-20-9-3-2-6-14(8-9)21(18,19)10-4-5-12(15(16)17)11(13)7-10/h4-5,7,9H,2-3,6,8H2,1H3. The Balaban J connectivity index is 2.31. The molecule has 0 saturated carbocycles. The Hall–Kier alpha value is -1.58. The lowest BCUT2D eigenvalue weighted by atomic mass is 10.1. The quantitative estimate of drug-likeness (QED) is 0.620. The number of sulfonamides is 1. The van der Waals surface area contributed by atoms with E-state index in [0.717, 1.165) is 18.6 Å². The van der Waals surface area contributed by atoms with Crippen LogP contribution in [0.2, 0.25) is 0 Å². The van der Waals surface area contributed by atoms with Crippen LogP contribution < -0.4 is 0 Å². The summed E-state index contributed by atoms with van der Waals surface area (Å²) in [5, 5.41) is 10.6. The number of methoxy groups -OCH3 is 1. The van der Waals surface area contributed by atoms with Crippen molar-refractivity contribution in [2.24, 2.45) is 0 Å². The molecule has 1 atom stereocenters. The molecule has 0 amide bonds. The van der Waals surface area contributed by atoms with E-state index in [1.165, 1.54) is 11.4 Å². The van der Waals surface area contributed by atoms with Crippen LogP contribution in [0.15, 0.2) is 23.1 Å². The lowest BCUT2D eigenvalue weighted by Crippen LogP contribution is -2.42. The van der Waals surface area contributed by atoms with E-state index in [9.17, 15) is 22.9 Å². The maximum absolute atomic E-state index is 13.6. The van der Waals surface area contributed by atoms with Gasteiger partial charge in [0.2, 0.25) is 15.8 Å². The lowest BCUT2D eigenvalue weighted by Gasteiger charge is -2.31. The topological polar surface area (TPSA) is 89.8 Å². The zero-order chi connectivity index (χ0) is 15.6. The van der Waals surface area contributed by atoms with Crippen LogP contribution >= 0.6 is 0 Å². The predicted octanol–water partition coefficient (Wildman–Crippen LogP) is 1.53. The third kappa shape index (κ3) is 3.20. The third-order valence-electron chi connectivity index (χ3n) is 3.43. The smallest absolute Gasteiger partial charge is 0.304 e. The zero-order valence-electron chi connectivity index (χ0n) is 11.4. The number of nitrogens with zero attached hydrogens (tertiary/aromatic N) is 2.